The highest BCUT2D eigenvalue weighted by molar-refractivity contribution is 7.13. The van der Waals surface area contributed by atoms with Gasteiger partial charge in [-0.3, -0.25) is 4.90 Å². The molecule has 1 aromatic carbocycles. The summed E-state index contributed by atoms with van der Waals surface area (Å²) in [6.07, 6.45) is 0.447. The largest absolute Gasteiger partial charge is 0.497 e. The molecule has 26 heavy (non-hydrogen) atoms. The molecule has 1 aliphatic heterocycles. The zero-order valence-electron chi connectivity index (χ0n) is 15.1. The number of nitrogens with zero attached hydrogens (tertiary/aromatic N) is 3. The molecule has 0 radical (unpaired) electrons. The number of aromatic nitrogens is 2. The second-order valence-corrected chi connectivity index (χ2v) is 7.59. The first-order valence-electron chi connectivity index (χ1n) is 8.78. The molecule has 0 amide bonds. The SMILES string of the molecule is COc1ccc([C@H](O)CN2CCc3c(nc(-c4cccs4)n3C)C2)cc1. The van der Waals surface area contributed by atoms with E-state index in [9.17, 15) is 5.11 Å². The van der Waals surface area contributed by atoms with Gasteiger partial charge in [-0.2, -0.15) is 0 Å². The summed E-state index contributed by atoms with van der Waals surface area (Å²) < 4.78 is 7.40. The van der Waals surface area contributed by atoms with Crippen molar-refractivity contribution in [1.82, 2.24) is 14.5 Å². The summed E-state index contributed by atoms with van der Waals surface area (Å²) in [6.45, 7) is 2.32. The van der Waals surface area contributed by atoms with E-state index in [0.29, 0.717) is 6.54 Å². The van der Waals surface area contributed by atoms with E-state index in [0.717, 1.165) is 42.3 Å². The van der Waals surface area contributed by atoms with Crippen LogP contribution in [-0.4, -0.2) is 39.8 Å². The number of β-amino-alcohol motifs (C(OH)–C–C–N with tert-alkyl or cyclic N) is 1. The standard InChI is InChI=1S/C20H23N3O2S/c1-22-17-9-10-23(12-16(17)21-20(22)19-4-3-11-26-19)13-18(24)14-5-7-15(25-2)8-6-14/h3-8,11,18,24H,9-10,12-13H2,1-2H3/t18-/m1/s1. The molecule has 0 unspecified atom stereocenters. The van der Waals surface area contributed by atoms with E-state index >= 15 is 0 Å². The second-order valence-electron chi connectivity index (χ2n) is 6.64. The third-order valence-electron chi connectivity index (χ3n) is 5.01. The fourth-order valence-corrected chi connectivity index (χ4v) is 4.29. The molecule has 5 nitrogen and oxygen atoms in total. The van der Waals surface area contributed by atoms with Crippen molar-refractivity contribution in [1.29, 1.82) is 0 Å². The van der Waals surface area contributed by atoms with Crippen molar-refractivity contribution in [2.75, 3.05) is 20.2 Å². The van der Waals surface area contributed by atoms with Crippen molar-refractivity contribution in [2.24, 2.45) is 7.05 Å². The first-order valence-corrected chi connectivity index (χ1v) is 9.66. The molecule has 1 aliphatic rings. The van der Waals surface area contributed by atoms with Crippen molar-refractivity contribution in [2.45, 2.75) is 19.1 Å². The molecule has 1 atom stereocenters. The lowest BCUT2D eigenvalue weighted by Gasteiger charge is -2.28. The minimum Gasteiger partial charge on any atom is -0.497 e. The molecule has 0 bridgehead atoms. The molecule has 0 spiro atoms. The maximum atomic E-state index is 10.6. The minimum atomic E-state index is -0.511. The predicted molar refractivity (Wildman–Crippen MR) is 103 cm³/mol. The van der Waals surface area contributed by atoms with Crippen LogP contribution in [0.4, 0.5) is 0 Å². The maximum Gasteiger partial charge on any atom is 0.150 e. The van der Waals surface area contributed by atoms with E-state index in [4.69, 9.17) is 9.72 Å². The Morgan fingerprint density at radius 1 is 1.27 bits per heavy atom. The number of rotatable bonds is 5. The van der Waals surface area contributed by atoms with Crippen LogP contribution in [0.2, 0.25) is 0 Å². The van der Waals surface area contributed by atoms with Crippen molar-refractivity contribution in [3.63, 3.8) is 0 Å². The topological polar surface area (TPSA) is 50.5 Å². The summed E-state index contributed by atoms with van der Waals surface area (Å²) in [7, 11) is 3.75. The average molecular weight is 369 g/mol. The zero-order valence-corrected chi connectivity index (χ0v) is 15.9. The van der Waals surface area contributed by atoms with Crippen LogP contribution in [0.1, 0.15) is 23.1 Å². The zero-order chi connectivity index (χ0) is 18.1. The number of benzene rings is 1. The lowest BCUT2D eigenvalue weighted by molar-refractivity contribution is 0.104. The Labute approximate surface area is 157 Å². The third kappa shape index (κ3) is 3.28. The van der Waals surface area contributed by atoms with Crippen LogP contribution in [0.15, 0.2) is 41.8 Å². The number of fused-ring (bicyclic) bond motifs is 1. The monoisotopic (exact) mass is 369 g/mol. The first-order chi connectivity index (χ1) is 12.7. The smallest absolute Gasteiger partial charge is 0.150 e. The van der Waals surface area contributed by atoms with Gasteiger partial charge < -0.3 is 14.4 Å². The number of hydrogen-bond donors (Lipinski definition) is 1. The molecule has 2 aromatic heterocycles. The van der Waals surface area contributed by atoms with Crippen molar-refractivity contribution in [3.8, 4) is 16.5 Å². The second kappa shape index (κ2) is 7.23. The van der Waals surface area contributed by atoms with E-state index in [1.165, 1.54) is 10.6 Å². The minimum absolute atomic E-state index is 0.511. The normalized spacial score (nSPS) is 15.7. The van der Waals surface area contributed by atoms with Crippen LogP contribution in [0.25, 0.3) is 10.7 Å². The molecule has 3 heterocycles. The fraction of sp³-hybridized carbons (Fsp3) is 0.350. The highest BCUT2D eigenvalue weighted by Gasteiger charge is 2.25. The van der Waals surface area contributed by atoms with E-state index in [2.05, 4.69) is 34.0 Å². The summed E-state index contributed by atoms with van der Waals surface area (Å²) in [4.78, 5) is 8.36. The van der Waals surface area contributed by atoms with Gasteiger partial charge in [-0.05, 0) is 29.1 Å². The predicted octanol–water partition coefficient (Wildman–Crippen LogP) is 3.25. The van der Waals surface area contributed by atoms with E-state index in [1.807, 2.05) is 24.3 Å². The van der Waals surface area contributed by atoms with Gasteiger partial charge in [-0.15, -0.1) is 11.3 Å². The molecule has 136 valence electrons. The van der Waals surface area contributed by atoms with Gasteiger partial charge in [-0.25, -0.2) is 4.98 Å². The average Bonchev–Trinajstić information content (AvgIpc) is 3.30. The molecule has 1 N–H and O–H groups in total. The Balaban J connectivity index is 1.47. The summed E-state index contributed by atoms with van der Waals surface area (Å²) in [6, 6.07) is 11.8. The van der Waals surface area contributed by atoms with Crippen molar-refractivity contribution in [3.05, 3.63) is 58.7 Å². The molecule has 4 rings (SSSR count). The molecule has 0 fully saturated rings. The van der Waals surface area contributed by atoms with Crippen LogP contribution >= 0.6 is 11.3 Å². The van der Waals surface area contributed by atoms with Gasteiger partial charge in [0.2, 0.25) is 0 Å². The van der Waals surface area contributed by atoms with Gasteiger partial charge in [-0.1, -0.05) is 18.2 Å². The number of aliphatic hydroxyl groups excluding tert-OH is 1. The molecular weight excluding hydrogens is 346 g/mol. The van der Waals surface area contributed by atoms with Crippen LogP contribution in [0, 0.1) is 0 Å². The summed E-state index contributed by atoms with van der Waals surface area (Å²) in [5.41, 5.74) is 3.35. The molecular formula is C20H23N3O2S. The molecule has 6 heteroatoms. The summed E-state index contributed by atoms with van der Waals surface area (Å²) in [5.74, 6) is 1.85. The summed E-state index contributed by atoms with van der Waals surface area (Å²) >= 11 is 1.72. The van der Waals surface area contributed by atoms with Gasteiger partial charge in [0.05, 0.1) is 23.8 Å². The van der Waals surface area contributed by atoms with Crippen LogP contribution in [0.3, 0.4) is 0 Å². The number of ether oxygens (including phenoxy) is 1. The molecule has 0 saturated carbocycles. The molecule has 0 aliphatic carbocycles. The molecule has 0 saturated heterocycles. The Morgan fingerprint density at radius 2 is 2.08 bits per heavy atom. The Kier molecular flexibility index (Phi) is 4.80. The van der Waals surface area contributed by atoms with Gasteiger partial charge >= 0.3 is 0 Å². The highest BCUT2D eigenvalue weighted by atomic mass is 32.1. The van der Waals surface area contributed by atoms with Gasteiger partial charge in [0, 0.05) is 38.8 Å². The third-order valence-corrected chi connectivity index (χ3v) is 5.87. The van der Waals surface area contributed by atoms with Gasteiger partial charge in [0.25, 0.3) is 0 Å². The number of hydrogen-bond acceptors (Lipinski definition) is 5. The lowest BCUT2D eigenvalue weighted by Crippen LogP contribution is -2.34. The van der Waals surface area contributed by atoms with E-state index < -0.39 is 6.10 Å². The Morgan fingerprint density at radius 3 is 2.77 bits per heavy atom. The quantitative estimate of drug-likeness (QED) is 0.750. The highest BCUT2D eigenvalue weighted by Crippen LogP contribution is 2.29. The van der Waals surface area contributed by atoms with Crippen LogP contribution < -0.4 is 4.74 Å². The number of thiophene rings is 1. The van der Waals surface area contributed by atoms with Crippen molar-refractivity contribution < 1.29 is 9.84 Å². The Bertz CT molecular complexity index is 871. The molecule has 3 aromatic rings. The Hall–Kier alpha value is -2.15. The number of aliphatic hydroxyl groups is 1. The summed E-state index contributed by atoms with van der Waals surface area (Å²) in [5, 5.41) is 12.7. The maximum absolute atomic E-state index is 10.6. The first kappa shape index (κ1) is 17.3. The fourth-order valence-electron chi connectivity index (χ4n) is 3.54. The van der Waals surface area contributed by atoms with Gasteiger partial charge in [0.1, 0.15) is 11.6 Å². The van der Waals surface area contributed by atoms with Crippen molar-refractivity contribution >= 4 is 11.3 Å². The van der Waals surface area contributed by atoms with E-state index in [-0.39, 0.29) is 0 Å². The number of methoxy groups -OCH3 is 1. The lowest BCUT2D eigenvalue weighted by atomic mass is 10.1. The number of imidazole rings is 1. The van der Waals surface area contributed by atoms with E-state index in [1.54, 1.807) is 18.4 Å². The van der Waals surface area contributed by atoms with Gasteiger partial charge in [0.15, 0.2) is 0 Å². The van der Waals surface area contributed by atoms with Crippen LogP contribution in [-0.2, 0) is 20.0 Å². The van der Waals surface area contributed by atoms with Crippen LogP contribution in [0.5, 0.6) is 5.75 Å².